The van der Waals surface area contributed by atoms with Crippen molar-refractivity contribution in [2.24, 2.45) is 0 Å². The lowest BCUT2D eigenvalue weighted by atomic mass is 10.2. The highest BCUT2D eigenvalue weighted by molar-refractivity contribution is 5.93. The highest BCUT2D eigenvalue weighted by Crippen LogP contribution is 2.31. The predicted molar refractivity (Wildman–Crippen MR) is 96.7 cm³/mol. The van der Waals surface area contributed by atoms with Gasteiger partial charge >= 0.3 is 0 Å². The Kier molecular flexibility index (Phi) is 6.84. The average Bonchev–Trinajstić information content (AvgIpc) is 2.67. The van der Waals surface area contributed by atoms with E-state index in [1.165, 1.54) is 7.11 Å². The molecule has 0 spiro atoms. The van der Waals surface area contributed by atoms with Gasteiger partial charge in [0.15, 0.2) is 24.4 Å². The van der Waals surface area contributed by atoms with E-state index in [2.05, 4.69) is 5.32 Å². The molecule has 0 saturated carbocycles. The standard InChI is InChI=1S/C19H21NO6/c1-4-25-16-7-5-6-13(11-21)19(16)26-12-18(22)20-15-9-8-14(23-2)10-17(15)24-3/h5-11H,4,12H2,1-3H3,(H,20,22). The fourth-order valence-electron chi connectivity index (χ4n) is 2.28. The molecular formula is C19H21NO6. The van der Waals surface area contributed by atoms with Crippen LogP contribution in [0.5, 0.6) is 23.0 Å². The van der Waals surface area contributed by atoms with Crippen LogP contribution in [0.15, 0.2) is 36.4 Å². The first-order chi connectivity index (χ1) is 12.6. The van der Waals surface area contributed by atoms with Gasteiger partial charge < -0.3 is 24.3 Å². The number of rotatable bonds is 9. The third kappa shape index (κ3) is 4.66. The third-order valence-corrected chi connectivity index (χ3v) is 3.47. The molecule has 0 aliphatic heterocycles. The Morgan fingerprint density at radius 1 is 1.08 bits per heavy atom. The molecule has 0 saturated heterocycles. The number of carbonyl (C=O) groups is 2. The molecule has 0 atom stereocenters. The van der Waals surface area contributed by atoms with Crippen LogP contribution < -0.4 is 24.3 Å². The number of para-hydroxylation sites is 1. The van der Waals surface area contributed by atoms with Crippen LogP contribution in [0.2, 0.25) is 0 Å². The fraction of sp³-hybridized carbons (Fsp3) is 0.263. The van der Waals surface area contributed by atoms with Crippen molar-refractivity contribution in [2.45, 2.75) is 6.92 Å². The summed E-state index contributed by atoms with van der Waals surface area (Å²) in [6.45, 7) is 1.94. The van der Waals surface area contributed by atoms with E-state index in [-0.39, 0.29) is 12.4 Å². The van der Waals surface area contributed by atoms with Gasteiger partial charge in [0.25, 0.3) is 5.91 Å². The van der Waals surface area contributed by atoms with Gasteiger partial charge in [0.2, 0.25) is 0 Å². The average molecular weight is 359 g/mol. The van der Waals surface area contributed by atoms with E-state index in [9.17, 15) is 9.59 Å². The number of amides is 1. The van der Waals surface area contributed by atoms with Crippen LogP contribution in [0.3, 0.4) is 0 Å². The first-order valence-electron chi connectivity index (χ1n) is 7.98. The van der Waals surface area contributed by atoms with Gasteiger partial charge in [-0.3, -0.25) is 9.59 Å². The number of hydrogen-bond donors (Lipinski definition) is 1. The number of aldehydes is 1. The second-order valence-electron chi connectivity index (χ2n) is 5.13. The fourth-order valence-corrected chi connectivity index (χ4v) is 2.28. The normalized spacial score (nSPS) is 9.96. The monoisotopic (exact) mass is 359 g/mol. The van der Waals surface area contributed by atoms with Crippen molar-refractivity contribution in [2.75, 3.05) is 32.8 Å². The molecule has 1 N–H and O–H groups in total. The number of carbonyl (C=O) groups excluding carboxylic acids is 2. The zero-order chi connectivity index (χ0) is 18.9. The minimum Gasteiger partial charge on any atom is -0.497 e. The zero-order valence-corrected chi connectivity index (χ0v) is 14.9. The maximum absolute atomic E-state index is 12.2. The lowest BCUT2D eigenvalue weighted by Crippen LogP contribution is -2.21. The summed E-state index contributed by atoms with van der Waals surface area (Å²) in [6, 6.07) is 9.98. The smallest absolute Gasteiger partial charge is 0.262 e. The molecule has 0 aliphatic carbocycles. The molecule has 0 aromatic heterocycles. The molecule has 2 aromatic rings. The molecule has 0 bridgehead atoms. The Labute approximate surface area is 151 Å². The van der Waals surface area contributed by atoms with Gasteiger partial charge in [0.05, 0.1) is 32.1 Å². The van der Waals surface area contributed by atoms with Crippen molar-refractivity contribution in [3.8, 4) is 23.0 Å². The van der Waals surface area contributed by atoms with Gasteiger partial charge in [-0.1, -0.05) is 6.07 Å². The van der Waals surface area contributed by atoms with Gasteiger partial charge in [-0.15, -0.1) is 0 Å². The number of anilines is 1. The summed E-state index contributed by atoms with van der Waals surface area (Å²) in [7, 11) is 3.04. The van der Waals surface area contributed by atoms with Crippen LogP contribution >= 0.6 is 0 Å². The van der Waals surface area contributed by atoms with Crippen molar-refractivity contribution in [1.29, 1.82) is 0 Å². The van der Waals surface area contributed by atoms with E-state index in [0.717, 1.165) is 0 Å². The Morgan fingerprint density at radius 2 is 1.88 bits per heavy atom. The highest BCUT2D eigenvalue weighted by Gasteiger charge is 2.14. The van der Waals surface area contributed by atoms with Crippen molar-refractivity contribution < 1.29 is 28.5 Å². The summed E-state index contributed by atoms with van der Waals surface area (Å²) in [4.78, 5) is 23.4. The molecule has 0 radical (unpaired) electrons. The SMILES string of the molecule is CCOc1cccc(C=O)c1OCC(=O)Nc1ccc(OC)cc1OC. The van der Waals surface area contributed by atoms with Crippen molar-refractivity contribution in [3.63, 3.8) is 0 Å². The zero-order valence-electron chi connectivity index (χ0n) is 14.9. The van der Waals surface area contributed by atoms with Crippen molar-refractivity contribution >= 4 is 17.9 Å². The minimum absolute atomic E-state index is 0.237. The van der Waals surface area contributed by atoms with E-state index >= 15 is 0 Å². The first-order valence-corrected chi connectivity index (χ1v) is 7.98. The maximum atomic E-state index is 12.2. The number of ether oxygens (including phenoxy) is 4. The van der Waals surface area contributed by atoms with E-state index in [1.54, 1.807) is 43.5 Å². The minimum atomic E-state index is -0.406. The Hall–Kier alpha value is -3.22. The van der Waals surface area contributed by atoms with Crippen molar-refractivity contribution in [1.82, 2.24) is 0 Å². The van der Waals surface area contributed by atoms with Gasteiger partial charge in [0, 0.05) is 6.07 Å². The first kappa shape index (κ1) is 19.1. The summed E-state index contributed by atoms with van der Waals surface area (Å²) in [5.41, 5.74) is 0.793. The summed E-state index contributed by atoms with van der Waals surface area (Å²) in [5, 5.41) is 2.70. The van der Waals surface area contributed by atoms with Crippen LogP contribution in [0.4, 0.5) is 5.69 Å². The molecule has 138 valence electrons. The molecule has 2 aromatic carbocycles. The molecule has 0 fully saturated rings. The lowest BCUT2D eigenvalue weighted by Gasteiger charge is -2.14. The van der Waals surface area contributed by atoms with Gasteiger partial charge in [0.1, 0.15) is 11.5 Å². The predicted octanol–water partition coefficient (Wildman–Crippen LogP) is 2.93. The Morgan fingerprint density at radius 3 is 2.54 bits per heavy atom. The summed E-state index contributed by atoms with van der Waals surface area (Å²) >= 11 is 0. The molecule has 1 amide bonds. The van der Waals surface area contributed by atoms with Crippen LogP contribution in [-0.4, -0.2) is 39.6 Å². The highest BCUT2D eigenvalue weighted by atomic mass is 16.5. The van der Waals surface area contributed by atoms with E-state index < -0.39 is 5.91 Å². The number of hydrogen-bond acceptors (Lipinski definition) is 6. The molecular weight excluding hydrogens is 338 g/mol. The second kappa shape index (κ2) is 9.31. The van der Waals surface area contributed by atoms with Gasteiger partial charge in [-0.05, 0) is 31.2 Å². The molecule has 0 heterocycles. The van der Waals surface area contributed by atoms with Crippen LogP contribution in [0, 0.1) is 0 Å². The van der Waals surface area contributed by atoms with E-state index in [1.807, 2.05) is 6.92 Å². The maximum Gasteiger partial charge on any atom is 0.262 e. The second-order valence-corrected chi connectivity index (χ2v) is 5.13. The Balaban J connectivity index is 2.09. The topological polar surface area (TPSA) is 83.1 Å². The number of nitrogens with one attached hydrogen (secondary N) is 1. The van der Waals surface area contributed by atoms with Crippen LogP contribution in [0.25, 0.3) is 0 Å². The molecule has 26 heavy (non-hydrogen) atoms. The van der Waals surface area contributed by atoms with E-state index in [4.69, 9.17) is 18.9 Å². The molecule has 7 nitrogen and oxygen atoms in total. The molecule has 7 heteroatoms. The molecule has 0 aliphatic rings. The molecule has 2 rings (SSSR count). The lowest BCUT2D eigenvalue weighted by molar-refractivity contribution is -0.118. The summed E-state index contributed by atoms with van der Waals surface area (Å²) < 4.78 is 21.3. The number of methoxy groups -OCH3 is 2. The van der Waals surface area contributed by atoms with Gasteiger partial charge in [-0.2, -0.15) is 0 Å². The van der Waals surface area contributed by atoms with Crippen molar-refractivity contribution in [3.05, 3.63) is 42.0 Å². The van der Waals surface area contributed by atoms with Crippen LogP contribution in [-0.2, 0) is 4.79 Å². The molecule has 0 unspecified atom stereocenters. The quantitative estimate of drug-likeness (QED) is 0.693. The van der Waals surface area contributed by atoms with Crippen LogP contribution in [0.1, 0.15) is 17.3 Å². The largest absolute Gasteiger partial charge is 0.497 e. The third-order valence-electron chi connectivity index (χ3n) is 3.47. The summed E-state index contributed by atoms with van der Waals surface area (Å²) in [6.07, 6.45) is 0.655. The van der Waals surface area contributed by atoms with Gasteiger partial charge in [-0.25, -0.2) is 0 Å². The Bertz CT molecular complexity index is 775. The summed E-state index contributed by atoms with van der Waals surface area (Å²) in [5.74, 6) is 1.31. The number of benzene rings is 2. The van der Waals surface area contributed by atoms with E-state index in [0.29, 0.717) is 41.4 Å².